The Labute approximate surface area is 153 Å². The zero-order valence-electron chi connectivity index (χ0n) is 14.1. The van der Waals surface area contributed by atoms with Crippen molar-refractivity contribution in [3.8, 4) is 0 Å². The van der Waals surface area contributed by atoms with Crippen LogP contribution in [0.3, 0.4) is 0 Å². The molecule has 2 aromatic carbocycles. The number of hydrogen-bond donors (Lipinski definition) is 0. The molecular weight excluding hydrogens is 365 g/mol. The summed E-state index contributed by atoms with van der Waals surface area (Å²) in [5.74, 6) is -2.81. The van der Waals surface area contributed by atoms with Crippen molar-refractivity contribution in [3.05, 3.63) is 83.4 Å². The fourth-order valence-electron chi connectivity index (χ4n) is 2.20. The van der Waals surface area contributed by atoms with E-state index in [1.54, 1.807) is 0 Å². The van der Waals surface area contributed by atoms with Crippen molar-refractivity contribution in [2.75, 3.05) is 13.1 Å². The lowest BCUT2D eigenvalue weighted by molar-refractivity contribution is -0.184. The highest BCUT2D eigenvalue weighted by Crippen LogP contribution is 2.19. The quantitative estimate of drug-likeness (QED) is 0.639. The topological polar surface area (TPSA) is 20.3 Å². The predicted molar refractivity (Wildman–Crippen MR) is 93.5 cm³/mol. The summed E-state index contributed by atoms with van der Waals surface area (Å²) in [5.41, 5.74) is 1.19. The Morgan fingerprint density at radius 1 is 0.778 bits per heavy atom. The highest BCUT2D eigenvalue weighted by atomic mass is 19.4. The van der Waals surface area contributed by atoms with E-state index in [-0.39, 0.29) is 13.1 Å². The van der Waals surface area contributed by atoms with Crippen LogP contribution in [0, 0.1) is 11.6 Å². The van der Waals surface area contributed by atoms with Crippen LogP contribution in [0.15, 0.2) is 60.7 Å². The highest BCUT2D eigenvalue weighted by molar-refractivity contribution is 5.82. The predicted octanol–water partition coefficient (Wildman–Crippen LogP) is 5.08. The van der Waals surface area contributed by atoms with Crippen molar-refractivity contribution in [1.82, 2.24) is 4.90 Å². The smallest absolute Gasteiger partial charge is 0.327 e. The van der Waals surface area contributed by atoms with Crippen LogP contribution in [0.25, 0.3) is 12.2 Å². The first-order valence-corrected chi connectivity index (χ1v) is 7.96. The van der Waals surface area contributed by atoms with E-state index in [9.17, 15) is 26.7 Å². The van der Waals surface area contributed by atoms with Crippen molar-refractivity contribution < 1.29 is 26.7 Å². The van der Waals surface area contributed by atoms with E-state index < -0.39 is 23.7 Å². The summed E-state index contributed by atoms with van der Waals surface area (Å²) in [6.07, 6.45) is 0.790. The lowest BCUT2D eigenvalue weighted by Crippen LogP contribution is -2.41. The minimum atomic E-state index is -4.99. The SMILES string of the molecule is O=C(N(CC=Cc1ccc(F)cc1)CC=Cc1ccc(F)cc1)C(F)(F)F. The van der Waals surface area contributed by atoms with Gasteiger partial charge in [-0.3, -0.25) is 4.79 Å². The van der Waals surface area contributed by atoms with Gasteiger partial charge in [0, 0.05) is 13.1 Å². The van der Waals surface area contributed by atoms with Crippen LogP contribution in [0.4, 0.5) is 22.0 Å². The summed E-state index contributed by atoms with van der Waals surface area (Å²) >= 11 is 0. The van der Waals surface area contributed by atoms with Gasteiger partial charge in [-0.05, 0) is 35.4 Å². The minimum Gasteiger partial charge on any atom is -0.327 e. The summed E-state index contributed by atoms with van der Waals surface area (Å²) in [5, 5.41) is 0. The molecule has 0 aromatic heterocycles. The molecule has 27 heavy (non-hydrogen) atoms. The van der Waals surface area contributed by atoms with Crippen LogP contribution in [-0.2, 0) is 4.79 Å². The van der Waals surface area contributed by atoms with Gasteiger partial charge in [-0.15, -0.1) is 0 Å². The van der Waals surface area contributed by atoms with Gasteiger partial charge in [-0.1, -0.05) is 48.6 Å². The first kappa shape index (κ1) is 20.4. The fraction of sp³-hybridized carbons (Fsp3) is 0.150. The monoisotopic (exact) mass is 381 g/mol. The molecule has 0 bridgehead atoms. The molecule has 0 aliphatic heterocycles. The molecule has 0 saturated heterocycles. The average molecular weight is 381 g/mol. The second kappa shape index (κ2) is 9.12. The molecule has 0 atom stereocenters. The van der Waals surface area contributed by atoms with Gasteiger partial charge in [-0.2, -0.15) is 13.2 Å². The lowest BCUT2D eigenvalue weighted by atomic mass is 10.2. The molecule has 0 aliphatic rings. The van der Waals surface area contributed by atoms with E-state index in [1.165, 1.54) is 72.8 Å². The van der Waals surface area contributed by atoms with Crippen LogP contribution in [0.2, 0.25) is 0 Å². The van der Waals surface area contributed by atoms with Gasteiger partial charge < -0.3 is 4.90 Å². The number of carbonyl (C=O) groups excluding carboxylic acids is 1. The van der Waals surface area contributed by atoms with Gasteiger partial charge in [0.1, 0.15) is 11.6 Å². The number of amides is 1. The highest BCUT2D eigenvalue weighted by Gasteiger charge is 2.41. The normalized spacial score (nSPS) is 12.0. The Bertz CT molecular complexity index is 750. The van der Waals surface area contributed by atoms with E-state index in [4.69, 9.17) is 0 Å². The Balaban J connectivity index is 2.05. The summed E-state index contributed by atoms with van der Waals surface area (Å²) in [6, 6.07) is 10.8. The molecule has 0 fully saturated rings. The summed E-state index contributed by atoms with van der Waals surface area (Å²) in [4.78, 5) is 12.2. The van der Waals surface area contributed by atoms with Crippen LogP contribution >= 0.6 is 0 Å². The maximum absolute atomic E-state index is 12.8. The maximum Gasteiger partial charge on any atom is 0.471 e. The molecule has 0 radical (unpaired) electrons. The number of rotatable bonds is 6. The summed E-state index contributed by atoms with van der Waals surface area (Å²) < 4.78 is 64.0. The molecular formula is C20H16F5NO. The van der Waals surface area contributed by atoms with Crippen molar-refractivity contribution in [1.29, 1.82) is 0 Å². The van der Waals surface area contributed by atoms with Crippen molar-refractivity contribution in [3.63, 3.8) is 0 Å². The van der Waals surface area contributed by atoms with Crippen LogP contribution in [0.5, 0.6) is 0 Å². The molecule has 0 unspecified atom stereocenters. The standard InChI is InChI=1S/C20H16F5NO/c21-17-9-5-15(6-10-17)3-1-13-26(19(27)20(23,24)25)14-2-4-16-7-11-18(22)12-8-16/h1-12H,13-14H2. The van der Waals surface area contributed by atoms with E-state index in [0.29, 0.717) is 16.0 Å². The van der Waals surface area contributed by atoms with Crippen molar-refractivity contribution in [2.45, 2.75) is 6.18 Å². The molecule has 0 N–H and O–H groups in total. The minimum absolute atomic E-state index is 0.274. The van der Waals surface area contributed by atoms with Crippen LogP contribution < -0.4 is 0 Å². The van der Waals surface area contributed by atoms with Gasteiger partial charge >= 0.3 is 12.1 Å². The molecule has 7 heteroatoms. The molecule has 2 rings (SSSR count). The molecule has 2 nitrogen and oxygen atoms in total. The molecule has 142 valence electrons. The first-order chi connectivity index (χ1) is 12.8. The molecule has 0 spiro atoms. The van der Waals surface area contributed by atoms with Crippen molar-refractivity contribution >= 4 is 18.1 Å². The third-order valence-electron chi connectivity index (χ3n) is 3.54. The van der Waals surface area contributed by atoms with Gasteiger partial charge in [0.05, 0.1) is 0 Å². The molecule has 2 aromatic rings. The zero-order chi connectivity index (χ0) is 19.9. The van der Waals surface area contributed by atoms with Gasteiger partial charge in [0.15, 0.2) is 0 Å². The molecule has 1 amide bonds. The number of nitrogens with zero attached hydrogens (tertiary/aromatic N) is 1. The number of alkyl halides is 3. The summed E-state index contributed by atoms with van der Waals surface area (Å²) in [7, 11) is 0. The van der Waals surface area contributed by atoms with Gasteiger partial charge in [-0.25, -0.2) is 8.78 Å². The second-order valence-electron chi connectivity index (χ2n) is 5.62. The third kappa shape index (κ3) is 6.69. The van der Waals surface area contributed by atoms with E-state index >= 15 is 0 Å². The Morgan fingerprint density at radius 3 is 1.48 bits per heavy atom. The lowest BCUT2D eigenvalue weighted by Gasteiger charge is -2.20. The van der Waals surface area contributed by atoms with E-state index in [2.05, 4.69) is 0 Å². The van der Waals surface area contributed by atoms with Gasteiger partial charge in [0.25, 0.3) is 0 Å². The van der Waals surface area contributed by atoms with Gasteiger partial charge in [0.2, 0.25) is 0 Å². The number of hydrogen-bond acceptors (Lipinski definition) is 1. The van der Waals surface area contributed by atoms with Crippen molar-refractivity contribution in [2.24, 2.45) is 0 Å². The first-order valence-electron chi connectivity index (χ1n) is 7.96. The van der Waals surface area contributed by atoms with Crippen LogP contribution in [-0.4, -0.2) is 30.1 Å². The number of carbonyl (C=O) groups is 1. The second-order valence-corrected chi connectivity index (χ2v) is 5.62. The average Bonchev–Trinajstić information content (AvgIpc) is 2.62. The largest absolute Gasteiger partial charge is 0.471 e. The molecule has 0 aliphatic carbocycles. The molecule has 0 saturated carbocycles. The van der Waals surface area contributed by atoms with E-state index in [1.807, 2.05) is 0 Å². The fourth-order valence-corrected chi connectivity index (χ4v) is 2.20. The number of benzene rings is 2. The summed E-state index contributed by atoms with van der Waals surface area (Å²) in [6.45, 7) is -0.549. The van der Waals surface area contributed by atoms with E-state index in [0.717, 1.165) is 0 Å². The third-order valence-corrected chi connectivity index (χ3v) is 3.54. The Morgan fingerprint density at radius 2 is 1.15 bits per heavy atom. The Hall–Kier alpha value is -2.96. The zero-order valence-corrected chi connectivity index (χ0v) is 14.1. The molecule has 0 heterocycles. The maximum atomic E-state index is 12.8. The Kier molecular flexibility index (Phi) is 6.87. The van der Waals surface area contributed by atoms with Crippen LogP contribution in [0.1, 0.15) is 11.1 Å². The number of halogens is 5.